The molecule has 1 aromatic heterocycles. The molecule has 80 valence electrons. The third-order valence-corrected chi connectivity index (χ3v) is 3.60. The first-order valence-electron chi connectivity index (χ1n) is 5.32. The molecule has 1 N–H and O–H groups in total. The third kappa shape index (κ3) is 2.82. The van der Waals surface area contributed by atoms with Crippen molar-refractivity contribution >= 4 is 11.3 Å². The van der Waals surface area contributed by atoms with E-state index in [4.69, 9.17) is 0 Å². The molecule has 2 atom stereocenters. The second-order valence-corrected chi connectivity index (χ2v) is 5.45. The highest BCUT2D eigenvalue weighted by Crippen LogP contribution is 2.26. The lowest BCUT2D eigenvalue weighted by Gasteiger charge is -2.23. The maximum Gasteiger partial charge on any atom is 0.0108 e. The van der Waals surface area contributed by atoms with Crippen LogP contribution in [0.3, 0.4) is 0 Å². The van der Waals surface area contributed by atoms with E-state index < -0.39 is 0 Å². The van der Waals surface area contributed by atoms with E-state index in [1.54, 1.807) is 0 Å². The zero-order valence-electron chi connectivity index (χ0n) is 9.79. The smallest absolute Gasteiger partial charge is 0.0108 e. The molecule has 2 unspecified atom stereocenters. The normalized spacial score (nSPS) is 15.9. The summed E-state index contributed by atoms with van der Waals surface area (Å²) in [5.74, 6) is 0.601. The standard InChI is InChI=1S/C12H21NS/c1-8(2)13-10(4)9(3)12-6-7-14-11(12)5/h6-10,13H,1-5H3. The molecule has 0 aliphatic rings. The summed E-state index contributed by atoms with van der Waals surface area (Å²) >= 11 is 1.84. The van der Waals surface area contributed by atoms with Crippen LogP contribution in [0.5, 0.6) is 0 Å². The third-order valence-electron chi connectivity index (χ3n) is 2.74. The first-order valence-corrected chi connectivity index (χ1v) is 6.20. The molecule has 1 aromatic rings. The molecule has 0 spiro atoms. The van der Waals surface area contributed by atoms with Gasteiger partial charge in [0, 0.05) is 17.0 Å². The molecule has 0 aromatic carbocycles. The Hall–Kier alpha value is -0.340. The number of hydrogen-bond acceptors (Lipinski definition) is 2. The lowest BCUT2D eigenvalue weighted by atomic mass is 9.95. The van der Waals surface area contributed by atoms with Gasteiger partial charge in [0.1, 0.15) is 0 Å². The lowest BCUT2D eigenvalue weighted by Crippen LogP contribution is -2.36. The van der Waals surface area contributed by atoms with Crippen molar-refractivity contribution < 1.29 is 0 Å². The molecule has 0 fully saturated rings. The van der Waals surface area contributed by atoms with Crippen LogP contribution in [0, 0.1) is 6.92 Å². The van der Waals surface area contributed by atoms with Crippen molar-refractivity contribution in [3.63, 3.8) is 0 Å². The summed E-state index contributed by atoms with van der Waals surface area (Å²) in [6.07, 6.45) is 0. The molecule has 0 radical (unpaired) electrons. The van der Waals surface area contributed by atoms with E-state index in [-0.39, 0.29) is 0 Å². The highest BCUT2D eigenvalue weighted by molar-refractivity contribution is 7.10. The molecule has 1 nitrogen and oxygen atoms in total. The van der Waals surface area contributed by atoms with Crippen LogP contribution in [0.2, 0.25) is 0 Å². The minimum Gasteiger partial charge on any atom is -0.311 e. The molecule has 0 saturated carbocycles. The van der Waals surface area contributed by atoms with E-state index in [0.717, 1.165) is 0 Å². The predicted molar refractivity (Wildman–Crippen MR) is 65.2 cm³/mol. The van der Waals surface area contributed by atoms with Gasteiger partial charge in [-0.15, -0.1) is 11.3 Å². The summed E-state index contributed by atoms with van der Waals surface area (Å²) < 4.78 is 0. The van der Waals surface area contributed by atoms with Crippen LogP contribution >= 0.6 is 11.3 Å². The van der Waals surface area contributed by atoms with Crippen molar-refractivity contribution in [3.8, 4) is 0 Å². The Balaban J connectivity index is 2.65. The minimum absolute atomic E-state index is 0.545. The van der Waals surface area contributed by atoms with E-state index in [9.17, 15) is 0 Å². The Morgan fingerprint density at radius 2 is 1.86 bits per heavy atom. The zero-order valence-corrected chi connectivity index (χ0v) is 10.6. The summed E-state index contributed by atoms with van der Waals surface area (Å²) in [7, 11) is 0. The molecular weight excluding hydrogens is 190 g/mol. The summed E-state index contributed by atoms with van der Waals surface area (Å²) in [4.78, 5) is 1.45. The van der Waals surface area contributed by atoms with Crippen molar-refractivity contribution in [2.24, 2.45) is 0 Å². The van der Waals surface area contributed by atoms with Gasteiger partial charge in [-0.05, 0) is 36.8 Å². The average Bonchev–Trinajstić information content (AvgIpc) is 2.48. The molecule has 0 amide bonds. The van der Waals surface area contributed by atoms with Crippen molar-refractivity contribution in [2.45, 2.75) is 52.6 Å². The summed E-state index contributed by atoms with van der Waals surface area (Å²) in [5.41, 5.74) is 1.50. The average molecular weight is 211 g/mol. The number of aryl methyl sites for hydroxylation is 1. The van der Waals surface area contributed by atoms with Crippen LogP contribution in [-0.2, 0) is 0 Å². The topological polar surface area (TPSA) is 12.0 Å². The van der Waals surface area contributed by atoms with E-state index >= 15 is 0 Å². The molecule has 1 rings (SSSR count). The predicted octanol–water partition coefficient (Wildman–Crippen LogP) is 3.55. The number of hydrogen-bond donors (Lipinski definition) is 1. The van der Waals surface area contributed by atoms with Gasteiger partial charge in [-0.2, -0.15) is 0 Å². The van der Waals surface area contributed by atoms with Crippen LogP contribution in [0.1, 0.15) is 44.1 Å². The maximum absolute atomic E-state index is 3.56. The van der Waals surface area contributed by atoms with Crippen molar-refractivity contribution in [1.29, 1.82) is 0 Å². The molecule has 0 bridgehead atoms. The SMILES string of the molecule is Cc1sccc1C(C)C(C)NC(C)C. The van der Waals surface area contributed by atoms with Crippen LogP contribution in [0.4, 0.5) is 0 Å². The molecular formula is C12H21NS. The molecule has 0 aliphatic carbocycles. The summed E-state index contributed by atoms with van der Waals surface area (Å²) in [6, 6.07) is 3.36. The number of thiophene rings is 1. The largest absolute Gasteiger partial charge is 0.311 e. The summed E-state index contributed by atoms with van der Waals surface area (Å²) in [6.45, 7) is 11.2. The van der Waals surface area contributed by atoms with Crippen LogP contribution in [0.25, 0.3) is 0 Å². The second-order valence-electron chi connectivity index (χ2n) is 4.33. The van der Waals surface area contributed by atoms with Crippen LogP contribution in [-0.4, -0.2) is 12.1 Å². The number of nitrogens with one attached hydrogen (secondary N) is 1. The maximum atomic E-state index is 3.56. The van der Waals surface area contributed by atoms with E-state index in [1.165, 1.54) is 10.4 Å². The molecule has 2 heteroatoms. The van der Waals surface area contributed by atoms with Crippen molar-refractivity contribution in [2.75, 3.05) is 0 Å². The van der Waals surface area contributed by atoms with E-state index in [1.807, 2.05) is 11.3 Å². The second kappa shape index (κ2) is 4.94. The van der Waals surface area contributed by atoms with Gasteiger partial charge in [0.25, 0.3) is 0 Å². The first kappa shape index (κ1) is 11.7. The highest BCUT2D eigenvalue weighted by atomic mass is 32.1. The van der Waals surface area contributed by atoms with E-state index in [2.05, 4.69) is 51.4 Å². The lowest BCUT2D eigenvalue weighted by molar-refractivity contribution is 0.439. The molecule has 0 aliphatic heterocycles. The minimum atomic E-state index is 0.545. The van der Waals surface area contributed by atoms with Crippen molar-refractivity contribution in [3.05, 3.63) is 21.9 Å². The fourth-order valence-electron chi connectivity index (χ4n) is 1.81. The van der Waals surface area contributed by atoms with Crippen LogP contribution < -0.4 is 5.32 Å². The zero-order chi connectivity index (χ0) is 10.7. The molecule has 1 heterocycles. The monoisotopic (exact) mass is 211 g/mol. The Labute approximate surface area is 91.5 Å². The molecule has 0 saturated heterocycles. The fraction of sp³-hybridized carbons (Fsp3) is 0.667. The molecule has 14 heavy (non-hydrogen) atoms. The van der Waals surface area contributed by atoms with Crippen molar-refractivity contribution in [1.82, 2.24) is 5.32 Å². The van der Waals surface area contributed by atoms with Gasteiger partial charge in [0.2, 0.25) is 0 Å². The van der Waals surface area contributed by atoms with E-state index in [0.29, 0.717) is 18.0 Å². The Morgan fingerprint density at radius 1 is 1.21 bits per heavy atom. The number of rotatable bonds is 4. The summed E-state index contributed by atoms with van der Waals surface area (Å²) in [5, 5.41) is 5.75. The Morgan fingerprint density at radius 3 is 2.29 bits per heavy atom. The van der Waals surface area contributed by atoms with Gasteiger partial charge in [0.05, 0.1) is 0 Å². The van der Waals surface area contributed by atoms with Gasteiger partial charge in [-0.1, -0.05) is 20.8 Å². The van der Waals surface area contributed by atoms with Gasteiger partial charge in [-0.3, -0.25) is 0 Å². The highest BCUT2D eigenvalue weighted by Gasteiger charge is 2.16. The first-order chi connectivity index (χ1) is 6.52. The van der Waals surface area contributed by atoms with Gasteiger partial charge in [0.15, 0.2) is 0 Å². The fourth-order valence-corrected chi connectivity index (χ4v) is 2.62. The Kier molecular flexibility index (Phi) is 4.14. The van der Waals surface area contributed by atoms with Gasteiger partial charge >= 0.3 is 0 Å². The van der Waals surface area contributed by atoms with Gasteiger partial charge in [-0.25, -0.2) is 0 Å². The Bertz CT molecular complexity index is 278. The van der Waals surface area contributed by atoms with Gasteiger partial charge < -0.3 is 5.32 Å². The quantitative estimate of drug-likeness (QED) is 0.803. The van der Waals surface area contributed by atoms with Crippen LogP contribution in [0.15, 0.2) is 11.4 Å².